The van der Waals surface area contributed by atoms with Gasteiger partial charge in [0.2, 0.25) is 5.76 Å². The predicted molar refractivity (Wildman–Crippen MR) is 67.7 cm³/mol. The van der Waals surface area contributed by atoms with E-state index in [0.29, 0.717) is 11.5 Å². The highest BCUT2D eigenvalue weighted by atomic mass is 16.5. The van der Waals surface area contributed by atoms with Crippen LogP contribution in [0.15, 0.2) is 39.5 Å². The van der Waals surface area contributed by atoms with Crippen LogP contribution in [-0.2, 0) is 0 Å². The Morgan fingerprint density at radius 3 is 2.81 bits per heavy atom. The monoisotopic (exact) mass is 288 g/mol. The number of carboxylic acid groups (broad SMARTS) is 1. The van der Waals surface area contributed by atoms with Gasteiger partial charge < -0.3 is 19.4 Å². The number of anilines is 1. The molecule has 0 saturated heterocycles. The molecule has 0 saturated carbocycles. The van der Waals surface area contributed by atoms with E-state index in [1.807, 2.05) is 0 Å². The minimum atomic E-state index is -1.18. The zero-order valence-corrected chi connectivity index (χ0v) is 10.4. The fourth-order valence-electron chi connectivity index (χ4n) is 1.59. The van der Waals surface area contributed by atoms with Crippen molar-refractivity contribution >= 4 is 17.7 Å². The van der Waals surface area contributed by atoms with Crippen molar-refractivity contribution in [3.05, 3.63) is 41.9 Å². The fourth-order valence-corrected chi connectivity index (χ4v) is 1.59. The number of hydrogen-bond donors (Lipinski definition) is 3. The normalized spacial score (nSPS) is 10.5. The molecule has 3 heterocycles. The van der Waals surface area contributed by atoms with Gasteiger partial charge in [-0.1, -0.05) is 5.16 Å². The molecule has 0 aliphatic rings. The van der Waals surface area contributed by atoms with Gasteiger partial charge in [-0.25, -0.2) is 4.79 Å². The van der Waals surface area contributed by atoms with Crippen molar-refractivity contribution in [1.29, 1.82) is 0 Å². The molecule has 0 spiro atoms. The maximum atomic E-state index is 11.9. The van der Waals surface area contributed by atoms with Crippen LogP contribution in [-0.4, -0.2) is 32.3 Å². The maximum absolute atomic E-state index is 11.9. The first-order chi connectivity index (χ1) is 10.1. The number of nitrogens with one attached hydrogen (secondary N) is 2. The van der Waals surface area contributed by atoms with E-state index in [9.17, 15) is 9.59 Å². The molecule has 21 heavy (non-hydrogen) atoms. The second kappa shape index (κ2) is 4.96. The summed E-state index contributed by atoms with van der Waals surface area (Å²) in [6.07, 6.45) is 1.47. The van der Waals surface area contributed by atoms with Crippen LogP contribution in [0.1, 0.15) is 21.0 Å². The van der Waals surface area contributed by atoms with Gasteiger partial charge in [-0.2, -0.15) is 5.10 Å². The molecule has 0 radical (unpaired) electrons. The maximum Gasteiger partial charge on any atom is 0.353 e. The lowest BCUT2D eigenvalue weighted by atomic mass is 10.3. The molecule has 9 heteroatoms. The predicted octanol–water partition coefficient (Wildman–Crippen LogP) is 1.61. The number of carbonyl (C=O) groups is 2. The Morgan fingerprint density at radius 2 is 2.14 bits per heavy atom. The van der Waals surface area contributed by atoms with E-state index in [2.05, 4.69) is 20.7 Å². The van der Waals surface area contributed by atoms with Gasteiger partial charge >= 0.3 is 5.97 Å². The number of aromatic nitrogens is 3. The van der Waals surface area contributed by atoms with Crippen molar-refractivity contribution in [2.24, 2.45) is 0 Å². The molecule has 0 bridgehead atoms. The molecule has 0 atom stereocenters. The first-order valence-electron chi connectivity index (χ1n) is 5.74. The van der Waals surface area contributed by atoms with Crippen LogP contribution in [0, 0.1) is 0 Å². The van der Waals surface area contributed by atoms with Gasteiger partial charge in [0.05, 0.1) is 6.26 Å². The second-order valence-electron chi connectivity index (χ2n) is 3.98. The van der Waals surface area contributed by atoms with E-state index < -0.39 is 11.9 Å². The molecule has 1 amide bonds. The van der Waals surface area contributed by atoms with Gasteiger partial charge in [-0.15, -0.1) is 0 Å². The summed E-state index contributed by atoms with van der Waals surface area (Å²) >= 11 is 0. The summed E-state index contributed by atoms with van der Waals surface area (Å²) in [6, 6.07) is 5.93. The summed E-state index contributed by atoms with van der Waals surface area (Å²) in [5.74, 6) is -0.947. The number of rotatable bonds is 4. The number of nitrogens with zero attached hydrogens (tertiary/aromatic N) is 2. The Morgan fingerprint density at radius 1 is 1.29 bits per heavy atom. The molecule has 3 aromatic rings. The Balaban J connectivity index is 1.74. The van der Waals surface area contributed by atoms with Crippen molar-refractivity contribution in [3.63, 3.8) is 0 Å². The molecular weight excluding hydrogens is 280 g/mol. The zero-order valence-electron chi connectivity index (χ0n) is 10.4. The molecule has 3 N–H and O–H groups in total. The smallest absolute Gasteiger partial charge is 0.353 e. The highest BCUT2D eigenvalue weighted by Gasteiger charge is 2.17. The Hall–Kier alpha value is -3.36. The third kappa shape index (κ3) is 2.52. The first kappa shape index (κ1) is 12.7. The molecule has 9 nitrogen and oxygen atoms in total. The van der Waals surface area contributed by atoms with E-state index in [1.165, 1.54) is 18.4 Å². The standard InChI is InChI=1S/C12H8N4O5/c17-11(13-10-5-7(12(18)19)14-15-10)6-4-9(21-16-6)8-2-1-3-20-8/h1-5H,(H,18,19)(H2,13,14,15,17). The van der Waals surface area contributed by atoms with Crippen molar-refractivity contribution in [3.8, 4) is 11.5 Å². The fraction of sp³-hybridized carbons (Fsp3) is 0. The summed E-state index contributed by atoms with van der Waals surface area (Å²) in [5.41, 5.74) is -0.122. The molecule has 0 aliphatic heterocycles. The third-order valence-electron chi connectivity index (χ3n) is 2.56. The van der Waals surface area contributed by atoms with Gasteiger partial charge in [-0.05, 0) is 12.1 Å². The molecule has 0 fully saturated rings. The molecule has 3 rings (SSSR count). The first-order valence-corrected chi connectivity index (χ1v) is 5.74. The largest absolute Gasteiger partial charge is 0.477 e. The van der Waals surface area contributed by atoms with Gasteiger partial charge in [0, 0.05) is 12.1 Å². The number of aromatic carboxylic acids is 1. The van der Waals surface area contributed by atoms with Crippen LogP contribution in [0.2, 0.25) is 0 Å². The number of carbonyl (C=O) groups excluding carboxylic acids is 1. The SMILES string of the molecule is O=C(Nc1cc(C(=O)O)[nH]n1)c1cc(-c2ccco2)on1. The van der Waals surface area contributed by atoms with E-state index >= 15 is 0 Å². The molecule has 0 aliphatic carbocycles. The molecule has 0 unspecified atom stereocenters. The lowest BCUT2D eigenvalue weighted by Gasteiger charge is -1.95. The van der Waals surface area contributed by atoms with E-state index in [1.54, 1.807) is 12.1 Å². The number of furan rings is 1. The van der Waals surface area contributed by atoms with Gasteiger partial charge in [0.1, 0.15) is 5.69 Å². The summed E-state index contributed by atoms with van der Waals surface area (Å²) in [4.78, 5) is 22.6. The Bertz CT molecular complexity index is 786. The van der Waals surface area contributed by atoms with Crippen molar-refractivity contribution in [1.82, 2.24) is 15.4 Å². The quantitative estimate of drug-likeness (QED) is 0.663. The zero-order chi connectivity index (χ0) is 14.8. The lowest BCUT2D eigenvalue weighted by Crippen LogP contribution is -2.12. The van der Waals surface area contributed by atoms with Gasteiger partial charge in [0.25, 0.3) is 5.91 Å². The minimum Gasteiger partial charge on any atom is -0.477 e. The van der Waals surface area contributed by atoms with Crippen LogP contribution in [0.5, 0.6) is 0 Å². The summed E-state index contributed by atoms with van der Waals surface area (Å²) in [5, 5.41) is 20.7. The average molecular weight is 288 g/mol. The van der Waals surface area contributed by atoms with Gasteiger partial charge in [0.15, 0.2) is 17.3 Å². The van der Waals surface area contributed by atoms with Crippen LogP contribution < -0.4 is 5.32 Å². The number of aromatic amines is 1. The van der Waals surface area contributed by atoms with Crippen LogP contribution in [0.25, 0.3) is 11.5 Å². The summed E-state index contributed by atoms with van der Waals surface area (Å²) in [6.45, 7) is 0. The van der Waals surface area contributed by atoms with Crippen molar-refractivity contribution in [2.75, 3.05) is 5.32 Å². The van der Waals surface area contributed by atoms with E-state index in [4.69, 9.17) is 14.0 Å². The number of carboxylic acids is 1. The van der Waals surface area contributed by atoms with Crippen LogP contribution >= 0.6 is 0 Å². The highest BCUT2D eigenvalue weighted by Crippen LogP contribution is 2.20. The van der Waals surface area contributed by atoms with Crippen molar-refractivity contribution < 1.29 is 23.6 Å². The molecule has 106 valence electrons. The molecular formula is C12H8N4O5. The minimum absolute atomic E-state index is 0.0151. The van der Waals surface area contributed by atoms with Crippen LogP contribution in [0.4, 0.5) is 5.82 Å². The summed E-state index contributed by atoms with van der Waals surface area (Å²) in [7, 11) is 0. The summed E-state index contributed by atoms with van der Waals surface area (Å²) < 4.78 is 10.1. The Kier molecular flexibility index (Phi) is 2.99. The number of hydrogen-bond acceptors (Lipinski definition) is 6. The molecule has 0 aromatic carbocycles. The third-order valence-corrected chi connectivity index (χ3v) is 2.56. The van der Waals surface area contributed by atoms with Crippen LogP contribution in [0.3, 0.4) is 0 Å². The van der Waals surface area contributed by atoms with Crippen molar-refractivity contribution in [2.45, 2.75) is 0 Å². The van der Waals surface area contributed by atoms with E-state index in [0.717, 1.165) is 0 Å². The van der Waals surface area contributed by atoms with E-state index in [-0.39, 0.29) is 17.2 Å². The second-order valence-corrected chi connectivity index (χ2v) is 3.98. The number of amides is 1. The lowest BCUT2D eigenvalue weighted by molar-refractivity contribution is 0.0690. The van der Waals surface area contributed by atoms with Gasteiger partial charge in [-0.3, -0.25) is 9.89 Å². The Labute approximate surface area is 116 Å². The topological polar surface area (TPSA) is 134 Å². The number of H-pyrrole nitrogens is 1. The average Bonchev–Trinajstić information content (AvgIpc) is 3.19. The highest BCUT2D eigenvalue weighted by molar-refractivity contribution is 6.03. The molecule has 3 aromatic heterocycles.